The van der Waals surface area contributed by atoms with Crippen molar-refractivity contribution in [3.8, 4) is 5.69 Å². The van der Waals surface area contributed by atoms with Crippen molar-refractivity contribution >= 4 is 31.4 Å². The Morgan fingerprint density at radius 3 is 2.71 bits per heavy atom. The first-order chi connectivity index (χ1) is 11.3. The average molecular weight is 361 g/mol. The van der Waals surface area contributed by atoms with Gasteiger partial charge in [-0.3, -0.25) is 9.36 Å². The van der Waals surface area contributed by atoms with Gasteiger partial charge in [0.15, 0.2) is 5.16 Å². The Bertz CT molecular complexity index is 749. The van der Waals surface area contributed by atoms with Gasteiger partial charge in [-0.15, -0.1) is 10.2 Å². The normalized spacial score (nSPS) is 14.7. The molecule has 3 rings (SSSR count). The highest BCUT2D eigenvalue weighted by molar-refractivity contribution is 8.00. The first-order valence-corrected chi connectivity index (χ1v) is 13.0. The number of benzene rings is 1. The molecule has 2 aromatic rings. The average Bonchev–Trinajstić information content (AvgIpc) is 3.23. The van der Waals surface area contributed by atoms with Gasteiger partial charge in [-0.2, -0.15) is 0 Å². The second-order valence-corrected chi connectivity index (χ2v) is 14.5. The molecule has 1 saturated carbocycles. The fourth-order valence-electron chi connectivity index (χ4n) is 2.43. The topological polar surface area (TPSA) is 59.8 Å². The lowest BCUT2D eigenvalue weighted by atomic mass is 10.2. The van der Waals surface area contributed by atoms with E-state index in [9.17, 15) is 4.79 Å². The summed E-state index contributed by atoms with van der Waals surface area (Å²) in [5, 5.41) is 13.8. The second-order valence-electron chi connectivity index (χ2n) is 7.53. The quantitative estimate of drug-likeness (QED) is 0.623. The van der Waals surface area contributed by atoms with Crippen LogP contribution in [0.15, 0.2) is 29.4 Å². The molecule has 0 unspecified atom stereocenters. The molecule has 1 aliphatic rings. The predicted molar refractivity (Wildman–Crippen MR) is 102 cm³/mol. The number of aromatic nitrogens is 3. The molecule has 1 aromatic heterocycles. The lowest BCUT2D eigenvalue weighted by Crippen LogP contribution is -2.24. The maximum atomic E-state index is 11.3. The van der Waals surface area contributed by atoms with Crippen LogP contribution in [0.2, 0.25) is 19.6 Å². The SMILES string of the molecule is CC(=O)Nc1cccc(-n2c(SC[Si](C)(C)C)nnc2C2CC2)c1. The summed E-state index contributed by atoms with van der Waals surface area (Å²) in [5.41, 5.74) is 1.82. The molecular weight excluding hydrogens is 336 g/mol. The molecule has 0 radical (unpaired) electrons. The van der Waals surface area contributed by atoms with Crippen LogP contribution < -0.4 is 5.32 Å². The highest BCUT2D eigenvalue weighted by Crippen LogP contribution is 2.41. The zero-order valence-corrected chi connectivity index (χ0v) is 16.5. The number of anilines is 1. The van der Waals surface area contributed by atoms with Crippen molar-refractivity contribution < 1.29 is 4.79 Å². The van der Waals surface area contributed by atoms with Gasteiger partial charge in [-0.05, 0) is 36.4 Å². The smallest absolute Gasteiger partial charge is 0.221 e. The Balaban J connectivity index is 1.95. The number of amides is 1. The van der Waals surface area contributed by atoms with Gasteiger partial charge in [-0.1, -0.05) is 37.5 Å². The number of hydrogen-bond acceptors (Lipinski definition) is 4. The number of thioether (sulfide) groups is 1. The lowest BCUT2D eigenvalue weighted by Gasteiger charge is -2.16. The third-order valence-electron chi connectivity index (χ3n) is 3.66. The number of carbonyl (C=O) groups is 1. The summed E-state index contributed by atoms with van der Waals surface area (Å²) in [7, 11) is -1.17. The van der Waals surface area contributed by atoms with Crippen molar-refractivity contribution in [1.29, 1.82) is 0 Å². The number of nitrogens with zero attached hydrogens (tertiary/aromatic N) is 3. The minimum absolute atomic E-state index is 0.0633. The summed E-state index contributed by atoms with van der Waals surface area (Å²) in [6, 6.07) is 7.92. The van der Waals surface area contributed by atoms with Crippen LogP contribution in [-0.4, -0.2) is 34.1 Å². The second kappa shape index (κ2) is 6.72. The highest BCUT2D eigenvalue weighted by Gasteiger charge is 2.31. The molecule has 0 saturated heterocycles. The summed E-state index contributed by atoms with van der Waals surface area (Å²) in [6.45, 7) is 8.61. The van der Waals surface area contributed by atoms with Crippen LogP contribution in [0.1, 0.15) is 31.5 Å². The summed E-state index contributed by atoms with van der Waals surface area (Å²) in [4.78, 5) is 11.3. The van der Waals surface area contributed by atoms with Crippen LogP contribution >= 0.6 is 11.8 Å². The molecule has 1 heterocycles. The van der Waals surface area contributed by atoms with E-state index in [-0.39, 0.29) is 5.91 Å². The van der Waals surface area contributed by atoms with E-state index in [0.717, 1.165) is 27.7 Å². The molecule has 0 aliphatic heterocycles. The zero-order chi connectivity index (χ0) is 17.3. The minimum Gasteiger partial charge on any atom is -0.326 e. The van der Waals surface area contributed by atoms with Crippen LogP contribution in [0.5, 0.6) is 0 Å². The Morgan fingerprint density at radius 2 is 2.08 bits per heavy atom. The predicted octanol–water partition coefficient (Wildman–Crippen LogP) is 4.07. The Hall–Kier alpha value is -1.60. The van der Waals surface area contributed by atoms with Gasteiger partial charge in [0.1, 0.15) is 5.82 Å². The monoisotopic (exact) mass is 360 g/mol. The van der Waals surface area contributed by atoms with Gasteiger partial charge >= 0.3 is 0 Å². The van der Waals surface area contributed by atoms with E-state index in [4.69, 9.17) is 0 Å². The molecule has 24 heavy (non-hydrogen) atoms. The van der Waals surface area contributed by atoms with Gasteiger partial charge in [0.2, 0.25) is 5.91 Å². The molecule has 5 nitrogen and oxygen atoms in total. The molecular formula is C17H24N4OSSi. The Labute approximate surface area is 148 Å². The maximum absolute atomic E-state index is 11.3. The van der Waals surface area contributed by atoms with Crippen molar-refractivity contribution in [2.75, 3.05) is 10.7 Å². The summed E-state index contributed by atoms with van der Waals surface area (Å²) in [6.07, 6.45) is 2.37. The van der Waals surface area contributed by atoms with E-state index in [1.54, 1.807) is 11.8 Å². The van der Waals surface area contributed by atoms with Crippen molar-refractivity contribution in [3.63, 3.8) is 0 Å². The number of rotatable bonds is 6. The number of hydrogen-bond donors (Lipinski definition) is 1. The van der Waals surface area contributed by atoms with E-state index >= 15 is 0 Å². The van der Waals surface area contributed by atoms with Gasteiger partial charge in [-0.25, -0.2) is 0 Å². The van der Waals surface area contributed by atoms with Crippen molar-refractivity contribution in [2.24, 2.45) is 0 Å². The molecule has 7 heteroatoms. The Kier molecular flexibility index (Phi) is 4.82. The van der Waals surface area contributed by atoms with E-state index in [2.05, 4.69) is 45.8 Å². The van der Waals surface area contributed by atoms with E-state index in [1.807, 2.05) is 18.2 Å². The summed E-state index contributed by atoms with van der Waals surface area (Å²) in [5.74, 6) is 1.50. The number of nitrogens with one attached hydrogen (secondary N) is 1. The number of carbonyl (C=O) groups excluding carboxylic acids is 1. The fraction of sp³-hybridized carbons (Fsp3) is 0.471. The standard InChI is InChI=1S/C17H24N4OSSi/c1-12(22)18-14-6-5-7-15(10-14)21-16(13-8-9-13)19-20-17(21)23-11-24(2,3)4/h5-7,10,13H,8-9,11H2,1-4H3,(H,18,22). The lowest BCUT2D eigenvalue weighted by molar-refractivity contribution is -0.114. The molecule has 1 N–H and O–H groups in total. The molecule has 1 amide bonds. The molecule has 1 fully saturated rings. The van der Waals surface area contributed by atoms with Crippen LogP contribution in [0.3, 0.4) is 0 Å². The van der Waals surface area contributed by atoms with Crippen molar-refractivity contribution in [1.82, 2.24) is 14.8 Å². The minimum atomic E-state index is -1.17. The molecule has 1 aliphatic carbocycles. The largest absolute Gasteiger partial charge is 0.326 e. The molecule has 1 aromatic carbocycles. The summed E-state index contributed by atoms with van der Waals surface area (Å²) >= 11 is 1.80. The van der Waals surface area contributed by atoms with Gasteiger partial charge < -0.3 is 5.32 Å². The fourth-order valence-corrected chi connectivity index (χ4v) is 5.11. The van der Waals surface area contributed by atoms with Crippen LogP contribution in [0.4, 0.5) is 5.69 Å². The zero-order valence-electron chi connectivity index (χ0n) is 14.7. The van der Waals surface area contributed by atoms with Crippen molar-refractivity contribution in [3.05, 3.63) is 30.1 Å². The van der Waals surface area contributed by atoms with Gasteiger partial charge in [0, 0.05) is 18.5 Å². The summed E-state index contributed by atoms with van der Waals surface area (Å²) < 4.78 is 2.17. The maximum Gasteiger partial charge on any atom is 0.221 e. The first kappa shape index (κ1) is 17.2. The van der Waals surface area contributed by atoms with E-state index in [0.29, 0.717) is 5.92 Å². The third kappa shape index (κ3) is 4.27. The molecule has 0 bridgehead atoms. The Morgan fingerprint density at radius 1 is 1.33 bits per heavy atom. The van der Waals surface area contributed by atoms with Gasteiger partial charge in [0.05, 0.1) is 13.8 Å². The molecule has 0 atom stereocenters. The van der Waals surface area contributed by atoms with Crippen LogP contribution in [-0.2, 0) is 4.79 Å². The van der Waals surface area contributed by atoms with Crippen molar-refractivity contribution in [2.45, 2.75) is 50.5 Å². The van der Waals surface area contributed by atoms with E-state index in [1.165, 1.54) is 19.8 Å². The molecule has 128 valence electrons. The van der Waals surface area contributed by atoms with E-state index < -0.39 is 8.07 Å². The molecule has 0 spiro atoms. The first-order valence-electron chi connectivity index (χ1n) is 8.30. The van der Waals surface area contributed by atoms with Crippen LogP contribution in [0.25, 0.3) is 5.69 Å². The highest BCUT2D eigenvalue weighted by atomic mass is 32.2. The van der Waals surface area contributed by atoms with Crippen LogP contribution in [0, 0.1) is 0 Å². The van der Waals surface area contributed by atoms with Gasteiger partial charge in [0.25, 0.3) is 0 Å². The third-order valence-corrected chi connectivity index (χ3v) is 8.22.